The second-order valence-electron chi connectivity index (χ2n) is 5.14. The van der Waals surface area contributed by atoms with Gasteiger partial charge in [0, 0.05) is 29.6 Å². The number of amides is 1. The Balaban J connectivity index is 2.38. The van der Waals surface area contributed by atoms with Crippen LogP contribution in [0, 0.1) is 0 Å². The number of benzene rings is 1. The SMILES string of the molecule is CCCCC(CNC=O)c1c[nH]c2cc(Br)c(OC)cc12. The van der Waals surface area contributed by atoms with Crippen LogP contribution < -0.4 is 10.1 Å². The van der Waals surface area contributed by atoms with Gasteiger partial charge in [0.25, 0.3) is 0 Å². The Labute approximate surface area is 133 Å². The van der Waals surface area contributed by atoms with Crippen molar-refractivity contribution in [3.63, 3.8) is 0 Å². The van der Waals surface area contributed by atoms with Crippen molar-refractivity contribution in [3.8, 4) is 5.75 Å². The van der Waals surface area contributed by atoms with E-state index in [2.05, 4.69) is 33.2 Å². The maximum atomic E-state index is 10.6. The summed E-state index contributed by atoms with van der Waals surface area (Å²) in [6.07, 6.45) is 6.16. The van der Waals surface area contributed by atoms with Crippen LogP contribution in [0.3, 0.4) is 0 Å². The number of halogens is 1. The van der Waals surface area contributed by atoms with Crippen molar-refractivity contribution in [2.45, 2.75) is 32.1 Å². The largest absolute Gasteiger partial charge is 0.496 e. The number of aromatic amines is 1. The van der Waals surface area contributed by atoms with Crippen molar-refractivity contribution in [1.82, 2.24) is 10.3 Å². The number of rotatable bonds is 8. The lowest BCUT2D eigenvalue weighted by Gasteiger charge is -2.16. The molecule has 2 rings (SSSR count). The van der Waals surface area contributed by atoms with Crippen LogP contribution in [-0.4, -0.2) is 25.0 Å². The normalized spacial score (nSPS) is 12.3. The highest BCUT2D eigenvalue weighted by Gasteiger charge is 2.17. The number of carbonyl (C=O) groups is 1. The quantitative estimate of drug-likeness (QED) is 0.706. The van der Waals surface area contributed by atoms with E-state index in [-0.39, 0.29) is 0 Å². The maximum absolute atomic E-state index is 10.6. The molecule has 1 amide bonds. The molecule has 2 N–H and O–H groups in total. The number of hydrogen-bond donors (Lipinski definition) is 2. The number of H-pyrrole nitrogens is 1. The molecular formula is C16H21BrN2O2. The summed E-state index contributed by atoms with van der Waals surface area (Å²) in [5.41, 5.74) is 2.31. The van der Waals surface area contributed by atoms with E-state index in [0.29, 0.717) is 12.5 Å². The minimum Gasteiger partial charge on any atom is -0.496 e. The van der Waals surface area contributed by atoms with E-state index < -0.39 is 0 Å². The first-order valence-corrected chi connectivity index (χ1v) is 8.02. The molecule has 0 aliphatic rings. The molecule has 0 aliphatic heterocycles. The lowest BCUT2D eigenvalue weighted by molar-refractivity contribution is -0.109. The molecule has 1 unspecified atom stereocenters. The van der Waals surface area contributed by atoms with E-state index in [1.807, 2.05) is 18.3 Å². The molecule has 0 spiro atoms. The fourth-order valence-corrected chi connectivity index (χ4v) is 3.15. The van der Waals surface area contributed by atoms with E-state index in [1.54, 1.807) is 7.11 Å². The first-order valence-electron chi connectivity index (χ1n) is 7.22. The van der Waals surface area contributed by atoms with Gasteiger partial charge in [0.05, 0.1) is 11.6 Å². The Morgan fingerprint density at radius 2 is 2.29 bits per heavy atom. The van der Waals surface area contributed by atoms with Crippen LogP contribution in [0.5, 0.6) is 5.75 Å². The fraction of sp³-hybridized carbons (Fsp3) is 0.438. The Bertz CT molecular complexity index is 610. The van der Waals surface area contributed by atoms with Crippen molar-refractivity contribution in [3.05, 3.63) is 28.4 Å². The highest BCUT2D eigenvalue weighted by atomic mass is 79.9. The smallest absolute Gasteiger partial charge is 0.207 e. The van der Waals surface area contributed by atoms with E-state index in [4.69, 9.17) is 4.74 Å². The predicted octanol–water partition coefficient (Wildman–Crippen LogP) is 3.96. The third-order valence-electron chi connectivity index (χ3n) is 3.78. The van der Waals surface area contributed by atoms with E-state index in [1.165, 1.54) is 5.56 Å². The van der Waals surface area contributed by atoms with Crippen LogP contribution in [0.4, 0.5) is 0 Å². The highest BCUT2D eigenvalue weighted by molar-refractivity contribution is 9.10. The average molecular weight is 353 g/mol. The number of unbranched alkanes of at least 4 members (excludes halogenated alkanes) is 1. The molecule has 1 aromatic heterocycles. The average Bonchev–Trinajstić information content (AvgIpc) is 2.89. The van der Waals surface area contributed by atoms with Gasteiger partial charge in [-0.15, -0.1) is 0 Å². The van der Waals surface area contributed by atoms with Crippen molar-refractivity contribution in [1.29, 1.82) is 0 Å². The van der Waals surface area contributed by atoms with Gasteiger partial charge in [0.2, 0.25) is 6.41 Å². The van der Waals surface area contributed by atoms with Crippen LogP contribution >= 0.6 is 15.9 Å². The molecule has 1 atom stereocenters. The van der Waals surface area contributed by atoms with Gasteiger partial charge >= 0.3 is 0 Å². The molecule has 0 radical (unpaired) electrons. The van der Waals surface area contributed by atoms with Crippen LogP contribution in [0.1, 0.15) is 37.7 Å². The fourth-order valence-electron chi connectivity index (χ4n) is 2.65. The van der Waals surface area contributed by atoms with Crippen molar-refractivity contribution < 1.29 is 9.53 Å². The van der Waals surface area contributed by atoms with Gasteiger partial charge < -0.3 is 15.0 Å². The van der Waals surface area contributed by atoms with Gasteiger partial charge in [0.1, 0.15) is 5.75 Å². The third kappa shape index (κ3) is 3.59. The Morgan fingerprint density at radius 3 is 2.95 bits per heavy atom. The molecule has 2 aromatic rings. The number of carbonyl (C=O) groups excluding carboxylic acids is 1. The maximum Gasteiger partial charge on any atom is 0.207 e. The summed E-state index contributed by atoms with van der Waals surface area (Å²) in [6, 6.07) is 4.08. The summed E-state index contributed by atoms with van der Waals surface area (Å²) in [6.45, 7) is 2.84. The number of aromatic nitrogens is 1. The Kier molecular flexibility index (Phi) is 5.67. The molecule has 21 heavy (non-hydrogen) atoms. The molecular weight excluding hydrogens is 332 g/mol. The summed E-state index contributed by atoms with van der Waals surface area (Å²) in [4.78, 5) is 13.9. The van der Waals surface area contributed by atoms with Crippen molar-refractivity contribution in [2.24, 2.45) is 0 Å². The minimum absolute atomic E-state index is 0.315. The predicted molar refractivity (Wildman–Crippen MR) is 88.9 cm³/mol. The van der Waals surface area contributed by atoms with E-state index in [9.17, 15) is 4.79 Å². The number of nitrogens with one attached hydrogen (secondary N) is 2. The van der Waals surface area contributed by atoms with E-state index >= 15 is 0 Å². The Hall–Kier alpha value is -1.49. The number of ether oxygens (including phenoxy) is 1. The second kappa shape index (κ2) is 7.50. The summed E-state index contributed by atoms with van der Waals surface area (Å²) < 4.78 is 6.32. The Morgan fingerprint density at radius 1 is 1.48 bits per heavy atom. The van der Waals surface area contributed by atoms with Crippen molar-refractivity contribution in [2.75, 3.05) is 13.7 Å². The van der Waals surface area contributed by atoms with Gasteiger partial charge in [-0.25, -0.2) is 0 Å². The van der Waals surface area contributed by atoms with Gasteiger partial charge in [0.15, 0.2) is 0 Å². The van der Waals surface area contributed by atoms with Crippen LogP contribution in [-0.2, 0) is 4.79 Å². The molecule has 1 heterocycles. The zero-order valence-electron chi connectivity index (χ0n) is 12.4. The van der Waals surface area contributed by atoms with Gasteiger partial charge in [-0.3, -0.25) is 4.79 Å². The standard InChI is InChI=1S/C16H21BrN2O2/c1-3-4-5-11(8-18-10-20)13-9-19-15-7-14(17)16(21-2)6-12(13)15/h6-7,9-11,19H,3-5,8H2,1-2H3,(H,18,20). The monoisotopic (exact) mass is 352 g/mol. The second-order valence-corrected chi connectivity index (χ2v) is 6.00. The molecule has 114 valence electrons. The molecule has 1 aromatic carbocycles. The topological polar surface area (TPSA) is 54.1 Å². The first-order chi connectivity index (χ1) is 10.2. The van der Waals surface area contributed by atoms with Gasteiger partial charge in [-0.05, 0) is 40.0 Å². The van der Waals surface area contributed by atoms with Crippen LogP contribution in [0.15, 0.2) is 22.8 Å². The third-order valence-corrected chi connectivity index (χ3v) is 4.40. The lowest BCUT2D eigenvalue weighted by atomic mass is 9.93. The summed E-state index contributed by atoms with van der Waals surface area (Å²) >= 11 is 3.50. The highest BCUT2D eigenvalue weighted by Crippen LogP contribution is 2.35. The molecule has 0 bridgehead atoms. The van der Waals surface area contributed by atoms with Crippen molar-refractivity contribution >= 4 is 33.2 Å². The zero-order chi connectivity index (χ0) is 15.2. The molecule has 0 saturated heterocycles. The number of fused-ring (bicyclic) bond motifs is 1. The number of methoxy groups -OCH3 is 1. The molecule has 5 heteroatoms. The summed E-state index contributed by atoms with van der Waals surface area (Å²) in [5, 5.41) is 3.97. The molecule has 0 fully saturated rings. The molecule has 0 aliphatic carbocycles. The first kappa shape index (κ1) is 15.9. The summed E-state index contributed by atoms with van der Waals surface area (Å²) in [5.74, 6) is 1.13. The van der Waals surface area contributed by atoms with Gasteiger partial charge in [-0.2, -0.15) is 0 Å². The number of hydrogen-bond acceptors (Lipinski definition) is 2. The van der Waals surface area contributed by atoms with E-state index in [0.717, 1.165) is 46.8 Å². The molecule has 4 nitrogen and oxygen atoms in total. The molecule has 0 saturated carbocycles. The van der Waals surface area contributed by atoms with Gasteiger partial charge in [-0.1, -0.05) is 19.8 Å². The zero-order valence-corrected chi connectivity index (χ0v) is 14.0. The minimum atomic E-state index is 0.315. The summed E-state index contributed by atoms with van der Waals surface area (Å²) in [7, 11) is 1.67. The van der Waals surface area contributed by atoms with Crippen LogP contribution in [0.25, 0.3) is 10.9 Å². The van der Waals surface area contributed by atoms with Crippen LogP contribution in [0.2, 0.25) is 0 Å². The lowest BCUT2D eigenvalue weighted by Crippen LogP contribution is -2.19.